The van der Waals surface area contributed by atoms with Crippen molar-refractivity contribution in [2.45, 2.75) is 24.8 Å². The summed E-state index contributed by atoms with van der Waals surface area (Å²) in [6.45, 7) is 3.41. The topological polar surface area (TPSA) is 111 Å². The van der Waals surface area contributed by atoms with E-state index in [-0.39, 0.29) is 11.5 Å². The molecule has 1 amide bonds. The van der Waals surface area contributed by atoms with Crippen LogP contribution in [0.4, 0.5) is 5.69 Å². The van der Waals surface area contributed by atoms with Gasteiger partial charge < -0.3 is 14.8 Å². The Kier molecular flexibility index (Phi) is 7.13. The van der Waals surface area contributed by atoms with Gasteiger partial charge in [0.25, 0.3) is 0 Å². The summed E-state index contributed by atoms with van der Waals surface area (Å²) in [7, 11) is -2.39. The van der Waals surface area contributed by atoms with Crippen molar-refractivity contribution in [1.29, 1.82) is 0 Å². The lowest BCUT2D eigenvalue weighted by molar-refractivity contribution is -0.117. The highest BCUT2D eigenvalue weighted by atomic mass is 32.2. The molecular formula is C19H22N2O6S. The van der Waals surface area contributed by atoms with Crippen molar-refractivity contribution in [2.75, 3.05) is 19.0 Å². The third-order valence-electron chi connectivity index (χ3n) is 3.76. The van der Waals surface area contributed by atoms with Crippen molar-refractivity contribution in [1.82, 2.24) is 4.72 Å². The van der Waals surface area contributed by atoms with Gasteiger partial charge >= 0.3 is 5.97 Å². The molecule has 2 aromatic rings. The van der Waals surface area contributed by atoms with E-state index in [0.717, 1.165) is 0 Å². The second kappa shape index (κ2) is 9.34. The van der Waals surface area contributed by atoms with Crippen LogP contribution in [0.2, 0.25) is 0 Å². The monoisotopic (exact) mass is 406 g/mol. The number of rotatable bonds is 8. The lowest BCUT2D eigenvalue weighted by Gasteiger charge is -2.15. The van der Waals surface area contributed by atoms with Crippen LogP contribution in [0.1, 0.15) is 24.2 Å². The lowest BCUT2D eigenvalue weighted by Crippen LogP contribution is -2.41. The van der Waals surface area contributed by atoms with Crippen LogP contribution in [0.25, 0.3) is 0 Å². The minimum Gasteiger partial charge on any atom is -0.497 e. The molecule has 8 nitrogen and oxygen atoms in total. The number of anilines is 1. The average Bonchev–Trinajstić information content (AvgIpc) is 2.68. The summed E-state index contributed by atoms with van der Waals surface area (Å²) in [5.41, 5.74) is 0.779. The van der Waals surface area contributed by atoms with Crippen molar-refractivity contribution in [3.63, 3.8) is 0 Å². The number of ether oxygens (including phenoxy) is 2. The molecule has 0 bridgehead atoms. The maximum atomic E-state index is 12.4. The number of hydrogen-bond donors (Lipinski definition) is 2. The Morgan fingerprint density at radius 1 is 1.04 bits per heavy atom. The third kappa shape index (κ3) is 5.54. The number of esters is 1. The standard InChI is InChI=1S/C19H22N2O6S/c1-4-27-19(23)14-5-7-15(8-6-14)20-18(22)13(2)21-28(24,25)17-11-9-16(26-3)10-12-17/h5-13,21H,4H2,1-3H3,(H,20,22)/t13-/m0/s1. The fourth-order valence-corrected chi connectivity index (χ4v) is 3.47. The first-order chi connectivity index (χ1) is 13.3. The zero-order valence-electron chi connectivity index (χ0n) is 15.8. The van der Waals surface area contributed by atoms with Gasteiger partial charge in [0.2, 0.25) is 15.9 Å². The Hall–Kier alpha value is -2.91. The van der Waals surface area contributed by atoms with E-state index in [1.54, 1.807) is 6.92 Å². The van der Waals surface area contributed by atoms with Crippen LogP contribution in [-0.2, 0) is 19.6 Å². The van der Waals surface area contributed by atoms with Crippen LogP contribution < -0.4 is 14.8 Å². The van der Waals surface area contributed by atoms with Gasteiger partial charge in [-0.2, -0.15) is 4.72 Å². The van der Waals surface area contributed by atoms with Gasteiger partial charge in [-0.3, -0.25) is 4.79 Å². The number of benzene rings is 2. The summed E-state index contributed by atoms with van der Waals surface area (Å²) in [6.07, 6.45) is 0. The van der Waals surface area contributed by atoms with Crippen LogP contribution in [0, 0.1) is 0 Å². The predicted octanol–water partition coefficient (Wildman–Crippen LogP) is 2.18. The zero-order valence-corrected chi connectivity index (χ0v) is 16.6. The molecule has 0 radical (unpaired) electrons. The van der Waals surface area contributed by atoms with E-state index in [1.165, 1.54) is 62.6 Å². The van der Waals surface area contributed by atoms with Gasteiger partial charge in [-0.05, 0) is 62.4 Å². The van der Waals surface area contributed by atoms with E-state index >= 15 is 0 Å². The van der Waals surface area contributed by atoms with E-state index < -0.39 is 27.9 Å². The molecule has 0 aliphatic carbocycles. The molecule has 0 aromatic heterocycles. The molecule has 2 rings (SSSR count). The Morgan fingerprint density at radius 3 is 2.18 bits per heavy atom. The normalized spacial score (nSPS) is 12.1. The highest BCUT2D eigenvalue weighted by Crippen LogP contribution is 2.16. The molecule has 2 aromatic carbocycles. The fourth-order valence-electron chi connectivity index (χ4n) is 2.26. The highest BCUT2D eigenvalue weighted by molar-refractivity contribution is 7.89. The maximum absolute atomic E-state index is 12.4. The number of carbonyl (C=O) groups excluding carboxylic acids is 2. The first kappa shape index (κ1) is 21.4. The van der Waals surface area contributed by atoms with Crippen molar-refractivity contribution in [3.05, 3.63) is 54.1 Å². The first-order valence-corrected chi connectivity index (χ1v) is 9.99. The Morgan fingerprint density at radius 2 is 1.64 bits per heavy atom. The molecule has 1 atom stereocenters. The zero-order chi connectivity index (χ0) is 20.7. The molecule has 0 unspecified atom stereocenters. The highest BCUT2D eigenvalue weighted by Gasteiger charge is 2.22. The molecule has 28 heavy (non-hydrogen) atoms. The van der Waals surface area contributed by atoms with Gasteiger partial charge in [0.15, 0.2) is 0 Å². The van der Waals surface area contributed by atoms with Gasteiger partial charge in [-0.25, -0.2) is 13.2 Å². The van der Waals surface area contributed by atoms with Crippen molar-refractivity contribution in [3.8, 4) is 5.75 Å². The number of nitrogens with one attached hydrogen (secondary N) is 2. The smallest absolute Gasteiger partial charge is 0.338 e. The molecule has 150 valence electrons. The van der Waals surface area contributed by atoms with Crippen LogP contribution in [0.3, 0.4) is 0 Å². The summed E-state index contributed by atoms with van der Waals surface area (Å²) in [5.74, 6) is -0.474. The second-order valence-corrected chi connectivity index (χ2v) is 7.52. The summed E-state index contributed by atoms with van der Waals surface area (Å²) in [6, 6.07) is 10.9. The van der Waals surface area contributed by atoms with Gasteiger partial charge in [-0.1, -0.05) is 0 Å². The number of hydrogen-bond acceptors (Lipinski definition) is 6. The third-order valence-corrected chi connectivity index (χ3v) is 5.32. The minimum atomic E-state index is -3.87. The number of methoxy groups -OCH3 is 1. The molecule has 9 heteroatoms. The summed E-state index contributed by atoms with van der Waals surface area (Å²) >= 11 is 0. The summed E-state index contributed by atoms with van der Waals surface area (Å²) in [5, 5.41) is 2.59. The average molecular weight is 406 g/mol. The van der Waals surface area contributed by atoms with E-state index in [9.17, 15) is 18.0 Å². The molecule has 0 aliphatic heterocycles. The second-order valence-electron chi connectivity index (χ2n) is 5.81. The molecule has 0 saturated heterocycles. The SMILES string of the molecule is CCOC(=O)c1ccc(NC(=O)[C@H](C)NS(=O)(=O)c2ccc(OC)cc2)cc1. The molecule has 2 N–H and O–H groups in total. The molecular weight excluding hydrogens is 384 g/mol. The van der Waals surface area contributed by atoms with Crippen molar-refractivity contribution >= 4 is 27.6 Å². The van der Waals surface area contributed by atoms with Gasteiger partial charge in [0.1, 0.15) is 5.75 Å². The number of sulfonamides is 1. The molecule has 0 saturated carbocycles. The van der Waals surface area contributed by atoms with Gasteiger partial charge in [0.05, 0.1) is 30.2 Å². The molecule has 0 spiro atoms. The van der Waals surface area contributed by atoms with E-state index in [0.29, 0.717) is 17.0 Å². The fraction of sp³-hybridized carbons (Fsp3) is 0.263. The molecule has 0 aliphatic rings. The van der Waals surface area contributed by atoms with Gasteiger partial charge in [0, 0.05) is 5.69 Å². The Balaban J connectivity index is 2.00. The van der Waals surface area contributed by atoms with Crippen LogP contribution in [0.5, 0.6) is 5.75 Å². The van der Waals surface area contributed by atoms with Crippen molar-refractivity contribution in [2.24, 2.45) is 0 Å². The Labute approximate surface area is 163 Å². The minimum absolute atomic E-state index is 0.0201. The lowest BCUT2D eigenvalue weighted by atomic mass is 10.2. The number of amides is 1. The number of carbonyl (C=O) groups is 2. The quantitative estimate of drug-likeness (QED) is 0.650. The van der Waals surface area contributed by atoms with Gasteiger partial charge in [-0.15, -0.1) is 0 Å². The van der Waals surface area contributed by atoms with E-state index in [1.807, 2.05) is 0 Å². The van der Waals surface area contributed by atoms with Crippen LogP contribution >= 0.6 is 0 Å². The van der Waals surface area contributed by atoms with E-state index in [2.05, 4.69) is 10.0 Å². The summed E-state index contributed by atoms with van der Waals surface area (Å²) in [4.78, 5) is 23.9. The molecule has 0 fully saturated rings. The Bertz CT molecular complexity index is 924. The summed E-state index contributed by atoms with van der Waals surface area (Å²) < 4.78 is 37.0. The maximum Gasteiger partial charge on any atom is 0.338 e. The van der Waals surface area contributed by atoms with Crippen LogP contribution in [0.15, 0.2) is 53.4 Å². The predicted molar refractivity (Wildman–Crippen MR) is 104 cm³/mol. The van der Waals surface area contributed by atoms with E-state index in [4.69, 9.17) is 9.47 Å². The first-order valence-electron chi connectivity index (χ1n) is 8.51. The largest absolute Gasteiger partial charge is 0.497 e. The van der Waals surface area contributed by atoms with Crippen LogP contribution in [-0.4, -0.2) is 40.1 Å². The van der Waals surface area contributed by atoms with Crippen molar-refractivity contribution < 1.29 is 27.5 Å². The molecule has 0 heterocycles.